The van der Waals surface area contributed by atoms with Gasteiger partial charge in [-0.25, -0.2) is 0 Å². The minimum Gasteiger partial charge on any atom is -0.335 e. The summed E-state index contributed by atoms with van der Waals surface area (Å²) in [7, 11) is 0. The van der Waals surface area contributed by atoms with Crippen LogP contribution in [-0.2, 0) is 6.42 Å². The quantitative estimate of drug-likeness (QED) is 0.904. The van der Waals surface area contributed by atoms with Gasteiger partial charge in [0.1, 0.15) is 4.88 Å². The lowest BCUT2D eigenvalue weighted by Gasteiger charge is -2.35. The van der Waals surface area contributed by atoms with E-state index in [4.69, 9.17) is 5.73 Å². The van der Waals surface area contributed by atoms with Gasteiger partial charge in [0, 0.05) is 18.6 Å². The Hall–Kier alpha value is -1.01. The van der Waals surface area contributed by atoms with Crippen molar-refractivity contribution in [2.45, 2.75) is 64.5 Å². The zero-order chi connectivity index (χ0) is 14.5. The molecule has 0 bridgehead atoms. The Bertz CT molecular complexity index is 440. The third-order valence-corrected chi connectivity index (χ3v) is 4.78. The molecule has 20 heavy (non-hydrogen) atoms. The van der Waals surface area contributed by atoms with Crippen LogP contribution in [0, 0.1) is 0 Å². The van der Waals surface area contributed by atoms with E-state index in [1.807, 2.05) is 11.8 Å². The van der Waals surface area contributed by atoms with Crippen LogP contribution in [0.25, 0.3) is 0 Å². The molecule has 5 nitrogen and oxygen atoms in total. The van der Waals surface area contributed by atoms with E-state index >= 15 is 0 Å². The third-order valence-electron chi connectivity index (χ3n) is 4.02. The minimum absolute atomic E-state index is 0.103. The Balaban J connectivity index is 2.10. The van der Waals surface area contributed by atoms with Crippen molar-refractivity contribution in [3.63, 3.8) is 0 Å². The molecule has 1 aliphatic carbocycles. The van der Waals surface area contributed by atoms with Crippen LogP contribution in [0.15, 0.2) is 0 Å². The molecule has 6 heteroatoms. The van der Waals surface area contributed by atoms with Crippen LogP contribution in [0.2, 0.25) is 0 Å². The fourth-order valence-corrected chi connectivity index (χ4v) is 3.55. The molecule has 0 atom stereocenters. The Labute approximate surface area is 124 Å². The van der Waals surface area contributed by atoms with Crippen molar-refractivity contribution in [2.75, 3.05) is 6.54 Å². The first kappa shape index (κ1) is 15.4. The molecule has 1 aliphatic rings. The highest BCUT2D eigenvalue weighted by molar-refractivity contribution is 7.08. The monoisotopic (exact) mass is 296 g/mol. The number of rotatable bonds is 5. The van der Waals surface area contributed by atoms with E-state index < -0.39 is 0 Å². The first-order chi connectivity index (χ1) is 9.67. The molecular formula is C14H24N4OS. The van der Waals surface area contributed by atoms with Crippen LogP contribution in [0.1, 0.15) is 61.3 Å². The fraction of sp³-hybridized carbons (Fsp3) is 0.786. The molecule has 1 fully saturated rings. The predicted octanol–water partition coefficient (Wildman–Crippen LogP) is 2.22. The summed E-state index contributed by atoms with van der Waals surface area (Å²) in [6.07, 6.45) is 5.85. The Morgan fingerprint density at radius 2 is 2.05 bits per heavy atom. The van der Waals surface area contributed by atoms with Gasteiger partial charge >= 0.3 is 0 Å². The Kier molecular flexibility index (Phi) is 5.48. The van der Waals surface area contributed by atoms with Gasteiger partial charge in [-0.15, -0.1) is 5.10 Å². The summed E-state index contributed by atoms with van der Waals surface area (Å²) in [6.45, 7) is 4.87. The van der Waals surface area contributed by atoms with Gasteiger partial charge in [0.15, 0.2) is 0 Å². The van der Waals surface area contributed by atoms with E-state index in [9.17, 15) is 4.79 Å². The summed E-state index contributed by atoms with van der Waals surface area (Å²) in [5, 5.41) is 4.10. The van der Waals surface area contributed by atoms with Gasteiger partial charge in [0.25, 0.3) is 5.91 Å². The Morgan fingerprint density at radius 1 is 1.35 bits per heavy atom. The van der Waals surface area contributed by atoms with Crippen LogP contribution in [-0.4, -0.2) is 39.0 Å². The molecule has 0 saturated heterocycles. The SMILES string of the molecule is CCCc1nnsc1C(=O)N(CC)C1CCC(N)CC1. The summed E-state index contributed by atoms with van der Waals surface area (Å²) in [5.74, 6) is 0.103. The Morgan fingerprint density at radius 3 is 2.65 bits per heavy atom. The molecule has 1 aromatic heterocycles. The van der Waals surface area contributed by atoms with Crippen molar-refractivity contribution in [1.29, 1.82) is 0 Å². The van der Waals surface area contributed by atoms with Crippen molar-refractivity contribution in [1.82, 2.24) is 14.5 Å². The van der Waals surface area contributed by atoms with E-state index in [-0.39, 0.29) is 5.91 Å². The molecule has 2 rings (SSSR count). The number of aromatic nitrogens is 2. The molecule has 0 unspecified atom stereocenters. The van der Waals surface area contributed by atoms with Crippen molar-refractivity contribution in [3.05, 3.63) is 10.6 Å². The summed E-state index contributed by atoms with van der Waals surface area (Å²) >= 11 is 1.23. The molecule has 0 aliphatic heterocycles. The highest BCUT2D eigenvalue weighted by Crippen LogP contribution is 2.25. The van der Waals surface area contributed by atoms with E-state index in [0.717, 1.165) is 55.6 Å². The first-order valence-corrected chi connectivity index (χ1v) is 8.32. The van der Waals surface area contributed by atoms with Crippen LogP contribution < -0.4 is 5.73 Å². The predicted molar refractivity (Wildman–Crippen MR) is 80.8 cm³/mol. The second-order valence-corrected chi connectivity index (χ2v) is 6.21. The summed E-state index contributed by atoms with van der Waals surface area (Å²) in [4.78, 5) is 15.5. The van der Waals surface area contributed by atoms with Gasteiger partial charge in [-0.05, 0) is 50.6 Å². The molecule has 0 spiro atoms. The average Bonchev–Trinajstić information content (AvgIpc) is 2.90. The second-order valence-electron chi connectivity index (χ2n) is 5.46. The van der Waals surface area contributed by atoms with Gasteiger partial charge < -0.3 is 10.6 Å². The zero-order valence-corrected chi connectivity index (χ0v) is 13.2. The number of nitrogens with two attached hydrogens (primary N) is 1. The number of nitrogens with zero attached hydrogens (tertiary/aromatic N) is 3. The van der Waals surface area contributed by atoms with Crippen LogP contribution >= 0.6 is 11.5 Å². The second kappa shape index (κ2) is 7.13. The van der Waals surface area contributed by atoms with Crippen molar-refractivity contribution < 1.29 is 4.79 Å². The third kappa shape index (κ3) is 3.35. The lowest BCUT2D eigenvalue weighted by atomic mass is 9.90. The highest BCUT2D eigenvalue weighted by atomic mass is 32.1. The molecule has 1 aromatic rings. The summed E-state index contributed by atoms with van der Waals surface area (Å²) in [6, 6.07) is 0.629. The smallest absolute Gasteiger partial charge is 0.267 e. The number of carbonyl (C=O) groups excluding carboxylic acids is 1. The maximum Gasteiger partial charge on any atom is 0.267 e. The first-order valence-electron chi connectivity index (χ1n) is 7.55. The van der Waals surface area contributed by atoms with E-state index in [0.29, 0.717) is 12.1 Å². The molecule has 0 aromatic carbocycles. The van der Waals surface area contributed by atoms with Crippen LogP contribution in [0.4, 0.5) is 0 Å². The molecular weight excluding hydrogens is 272 g/mol. The van der Waals surface area contributed by atoms with Gasteiger partial charge in [-0.2, -0.15) is 0 Å². The van der Waals surface area contributed by atoms with Crippen molar-refractivity contribution in [2.24, 2.45) is 5.73 Å². The fourth-order valence-electron chi connectivity index (χ4n) is 2.88. The van der Waals surface area contributed by atoms with Crippen molar-refractivity contribution >= 4 is 17.4 Å². The van der Waals surface area contributed by atoms with Gasteiger partial charge in [0.2, 0.25) is 0 Å². The molecule has 2 N–H and O–H groups in total. The van der Waals surface area contributed by atoms with Crippen LogP contribution in [0.3, 0.4) is 0 Å². The van der Waals surface area contributed by atoms with Gasteiger partial charge in [-0.1, -0.05) is 17.8 Å². The number of hydrogen-bond acceptors (Lipinski definition) is 5. The molecule has 1 heterocycles. The largest absolute Gasteiger partial charge is 0.335 e. The normalized spacial score (nSPS) is 22.8. The number of aryl methyl sites for hydroxylation is 1. The lowest BCUT2D eigenvalue weighted by Crippen LogP contribution is -2.44. The molecule has 1 amide bonds. The summed E-state index contributed by atoms with van der Waals surface area (Å²) in [5.41, 5.74) is 6.81. The topological polar surface area (TPSA) is 72.1 Å². The van der Waals surface area contributed by atoms with E-state index in [1.165, 1.54) is 11.5 Å². The zero-order valence-electron chi connectivity index (χ0n) is 12.3. The maximum absolute atomic E-state index is 12.7. The minimum atomic E-state index is 0.103. The number of amides is 1. The van der Waals surface area contributed by atoms with Crippen molar-refractivity contribution in [3.8, 4) is 0 Å². The van der Waals surface area contributed by atoms with Gasteiger partial charge in [-0.3, -0.25) is 4.79 Å². The van der Waals surface area contributed by atoms with E-state index in [1.54, 1.807) is 0 Å². The van der Waals surface area contributed by atoms with Crippen LogP contribution in [0.5, 0.6) is 0 Å². The lowest BCUT2D eigenvalue weighted by molar-refractivity contribution is 0.0644. The molecule has 112 valence electrons. The van der Waals surface area contributed by atoms with E-state index in [2.05, 4.69) is 16.5 Å². The molecule has 0 radical (unpaired) electrons. The maximum atomic E-state index is 12.7. The average molecular weight is 296 g/mol. The number of hydrogen-bond donors (Lipinski definition) is 1. The number of carbonyl (C=O) groups is 1. The molecule has 1 saturated carbocycles. The summed E-state index contributed by atoms with van der Waals surface area (Å²) < 4.78 is 3.96. The standard InChI is InChI=1S/C14H24N4OS/c1-3-5-12-13(20-17-16-12)14(19)18(4-2)11-8-6-10(15)7-9-11/h10-11H,3-9,15H2,1-2H3. The highest BCUT2D eigenvalue weighted by Gasteiger charge is 2.29. The van der Waals surface area contributed by atoms with Gasteiger partial charge in [0.05, 0.1) is 5.69 Å².